The van der Waals surface area contributed by atoms with E-state index in [0.29, 0.717) is 11.3 Å². The van der Waals surface area contributed by atoms with E-state index in [1.807, 2.05) is 0 Å². The number of nitrogens with zero attached hydrogens (tertiary/aromatic N) is 1. The lowest BCUT2D eigenvalue weighted by Crippen LogP contribution is -2.12. The summed E-state index contributed by atoms with van der Waals surface area (Å²) < 4.78 is 18.9. The third kappa shape index (κ3) is 2.20. The van der Waals surface area contributed by atoms with Crippen molar-refractivity contribution in [3.8, 4) is 28.4 Å². The number of rotatable bonds is 2. The molecule has 0 radical (unpaired) electrons. The van der Waals surface area contributed by atoms with Gasteiger partial charge in [0.15, 0.2) is 0 Å². The maximum atomic E-state index is 13.8. The molecule has 0 amide bonds. The van der Waals surface area contributed by atoms with Crippen molar-refractivity contribution in [3.63, 3.8) is 0 Å². The Kier molecular flexibility index (Phi) is 3.06. The molecule has 0 unspecified atom stereocenters. The van der Waals surface area contributed by atoms with E-state index >= 15 is 0 Å². The number of furan rings is 1. The first-order valence-electron chi connectivity index (χ1n) is 6.20. The fraction of sp³-hybridized carbons (Fsp3) is 0.0667. The molecule has 0 fully saturated rings. The molecular weight excluding hydrogens is 275 g/mol. The average molecular weight is 286 g/mol. The van der Waals surface area contributed by atoms with Crippen LogP contribution < -0.4 is 5.56 Å². The standard InChI is InChI=1S/C15H11FN2O3/c1-8-9(6-7-21-8)13-17-14(19)12(15(20)18-13)10-4-2-3-5-11(10)16/h2-7H,1H3,(H2,17,18,19,20). The molecule has 3 aromatic rings. The number of hydrogen-bond donors (Lipinski definition) is 2. The second-order valence-corrected chi connectivity index (χ2v) is 4.48. The highest BCUT2D eigenvalue weighted by Gasteiger charge is 2.18. The van der Waals surface area contributed by atoms with Crippen molar-refractivity contribution in [3.05, 3.63) is 58.5 Å². The van der Waals surface area contributed by atoms with Gasteiger partial charge >= 0.3 is 0 Å². The zero-order chi connectivity index (χ0) is 15.0. The molecule has 21 heavy (non-hydrogen) atoms. The summed E-state index contributed by atoms with van der Waals surface area (Å²) in [6.45, 7) is 1.71. The van der Waals surface area contributed by atoms with Crippen LogP contribution in [0.15, 0.2) is 45.8 Å². The molecule has 2 aromatic heterocycles. The maximum absolute atomic E-state index is 13.8. The predicted molar refractivity (Wildman–Crippen MR) is 74.4 cm³/mol. The molecule has 6 heteroatoms. The van der Waals surface area contributed by atoms with E-state index in [1.165, 1.54) is 24.5 Å². The maximum Gasteiger partial charge on any atom is 0.263 e. The topological polar surface area (TPSA) is 79.1 Å². The smallest absolute Gasteiger partial charge is 0.263 e. The molecule has 0 saturated carbocycles. The number of aromatic nitrogens is 2. The van der Waals surface area contributed by atoms with Gasteiger partial charge in [0.1, 0.15) is 23.0 Å². The first-order chi connectivity index (χ1) is 10.1. The number of H-pyrrole nitrogens is 1. The van der Waals surface area contributed by atoms with Gasteiger partial charge in [-0.3, -0.25) is 4.79 Å². The van der Waals surface area contributed by atoms with Crippen molar-refractivity contribution in [2.75, 3.05) is 0 Å². The van der Waals surface area contributed by atoms with Gasteiger partial charge in [0.2, 0.25) is 5.88 Å². The number of halogens is 1. The second-order valence-electron chi connectivity index (χ2n) is 4.48. The highest BCUT2D eigenvalue weighted by molar-refractivity contribution is 5.70. The van der Waals surface area contributed by atoms with E-state index < -0.39 is 17.3 Å². The van der Waals surface area contributed by atoms with E-state index in [2.05, 4.69) is 9.97 Å². The molecule has 1 aromatic carbocycles. The zero-order valence-electron chi connectivity index (χ0n) is 11.1. The van der Waals surface area contributed by atoms with Gasteiger partial charge < -0.3 is 14.5 Å². The fourth-order valence-corrected chi connectivity index (χ4v) is 2.13. The normalized spacial score (nSPS) is 10.8. The summed E-state index contributed by atoms with van der Waals surface area (Å²) in [5.74, 6) is -0.410. The molecule has 0 spiro atoms. The Morgan fingerprint density at radius 1 is 1.24 bits per heavy atom. The van der Waals surface area contributed by atoms with Gasteiger partial charge in [0.05, 0.1) is 11.8 Å². The largest absolute Gasteiger partial charge is 0.493 e. The molecule has 0 aliphatic rings. The molecule has 0 aliphatic carbocycles. The molecular formula is C15H11FN2O3. The lowest BCUT2D eigenvalue weighted by atomic mass is 10.1. The first kappa shape index (κ1) is 13.1. The van der Waals surface area contributed by atoms with Crippen molar-refractivity contribution < 1.29 is 13.9 Å². The number of nitrogens with one attached hydrogen (secondary N) is 1. The minimum atomic E-state index is -0.622. The van der Waals surface area contributed by atoms with Crippen LogP contribution in [0.5, 0.6) is 5.88 Å². The van der Waals surface area contributed by atoms with Gasteiger partial charge in [0, 0.05) is 5.56 Å². The SMILES string of the molecule is Cc1occc1-c1nc(O)c(-c2ccccc2F)c(=O)[nH]1. The van der Waals surface area contributed by atoms with Crippen LogP contribution >= 0.6 is 0 Å². The number of benzene rings is 1. The van der Waals surface area contributed by atoms with Gasteiger partial charge in [-0.1, -0.05) is 18.2 Å². The van der Waals surface area contributed by atoms with Gasteiger partial charge in [-0.05, 0) is 19.1 Å². The quantitative estimate of drug-likeness (QED) is 0.759. The van der Waals surface area contributed by atoms with Crippen LogP contribution in [0, 0.1) is 12.7 Å². The summed E-state index contributed by atoms with van der Waals surface area (Å²) in [4.78, 5) is 18.6. The minimum Gasteiger partial charge on any atom is -0.493 e. The zero-order valence-corrected chi connectivity index (χ0v) is 11.1. The summed E-state index contributed by atoms with van der Waals surface area (Å²) in [7, 11) is 0. The Morgan fingerprint density at radius 2 is 2.00 bits per heavy atom. The van der Waals surface area contributed by atoms with Crippen LogP contribution in [0.2, 0.25) is 0 Å². The first-order valence-corrected chi connectivity index (χ1v) is 6.20. The second kappa shape index (κ2) is 4.90. The van der Waals surface area contributed by atoms with E-state index in [-0.39, 0.29) is 17.0 Å². The summed E-state index contributed by atoms with van der Waals surface area (Å²) in [6.07, 6.45) is 1.45. The number of aromatic hydroxyl groups is 1. The monoisotopic (exact) mass is 286 g/mol. The van der Waals surface area contributed by atoms with E-state index in [0.717, 1.165) is 0 Å². The lowest BCUT2D eigenvalue weighted by molar-refractivity contribution is 0.453. The third-order valence-corrected chi connectivity index (χ3v) is 3.16. The summed E-state index contributed by atoms with van der Waals surface area (Å²) in [5.41, 5.74) is -0.261. The average Bonchev–Trinajstić information content (AvgIpc) is 2.86. The third-order valence-electron chi connectivity index (χ3n) is 3.16. The van der Waals surface area contributed by atoms with Gasteiger partial charge in [-0.25, -0.2) is 4.39 Å². The molecule has 3 rings (SSSR count). The van der Waals surface area contributed by atoms with Crippen molar-refractivity contribution in [1.82, 2.24) is 9.97 Å². The molecule has 2 N–H and O–H groups in total. The lowest BCUT2D eigenvalue weighted by Gasteiger charge is -2.06. The van der Waals surface area contributed by atoms with Crippen molar-refractivity contribution >= 4 is 0 Å². The Hall–Kier alpha value is -2.89. The number of aromatic amines is 1. The molecule has 0 saturated heterocycles. The van der Waals surface area contributed by atoms with Crippen LogP contribution in [0.25, 0.3) is 22.5 Å². The van der Waals surface area contributed by atoms with Crippen molar-refractivity contribution in [1.29, 1.82) is 0 Å². The summed E-state index contributed by atoms with van der Waals surface area (Å²) >= 11 is 0. The number of aryl methyl sites for hydroxylation is 1. The molecule has 0 aliphatic heterocycles. The summed E-state index contributed by atoms with van der Waals surface area (Å²) in [5, 5.41) is 10.0. The molecule has 2 heterocycles. The van der Waals surface area contributed by atoms with Crippen molar-refractivity contribution in [2.24, 2.45) is 0 Å². The van der Waals surface area contributed by atoms with Gasteiger partial charge in [0.25, 0.3) is 5.56 Å². The number of hydrogen-bond acceptors (Lipinski definition) is 4. The van der Waals surface area contributed by atoms with E-state index in [1.54, 1.807) is 19.1 Å². The molecule has 5 nitrogen and oxygen atoms in total. The van der Waals surface area contributed by atoms with E-state index in [4.69, 9.17) is 4.42 Å². The summed E-state index contributed by atoms with van der Waals surface area (Å²) in [6, 6.07) is 7.31. The Labute approximate surface area is 118 Å². The predicted octanol–water partition coefficient (Wildman–Crippen LogP) is 2.85. The Balaban J connectivity index is 2.21. The Morgan fingerprint density at radius 3 is 2.62 bits per heavy atom. The Bertz CT molecular complexity index is 867. The van der Waals surface area contributed by atoms with Crippen LogP contribution in [-0.2, 0) is 0 Å². The van der Waals surface area contributed by atoms with Gasteiger partial charge in [-0.15, -0.1) is 0 Å². The van der Waals surface area contributed by atoms with Gasteiger partial charge in [-0.2, -0.15) is 4.98 Å². The molecule has 106 valence electrons. The van der Waals surface area contributed by atoms with E-state index in [9.17, 15) is 14.3 Å². The van der Waals surface area contributed by atoms with Crippen molar-refractivity contribution in [2.45, 2.75) is 6.92 Å². The highest BCUT2D eigenvalue weighted by Crippen LogP contribution is 2.28. The van der Waals surface area contributed by atoms with Crippen LogP contribution in [-0.4, -0.2) is 15.1 Å². The van der Waals surface area contributed by atoms with Crippen LogP contribution in [0.3, 0.4) is 0 Å². The highest BCUT2D eigenvalue weighted by atomic mass is 19.1. The molecule has 0 atom stereocenters. The fourth-order valence-electron chi connectivity index (χ4n) is 2.13. The van der Waals surface area contributed by atoms with Crippen LogP contribution in [0.1, 0.15) is 5.76 Å². The molecule has 0 bridgehead atoms. The minimum absolute atomic E-state index is 0.000726. The van der Waals surface area contributed by atoms with Crippen LogP contribution in [0.4, 0.5) is 4.39 Å².